The second kappa shape index (κ2) is 13.1. The number of carboxylic acids is 1. The van der Waals surface area contributed by atoms with Crippen molar-refractivity contribution in [1.29, 1.82) is 0 Å². The van der Waals surface area contributed by atoms with E-state index < -0.39 is 47.3 Å². The van der Waals surface area contributed by atoms with Crippen molar-refractivity contribution in [2.24, 2.45) is 5.92 Å². The van der Waals surface area contributed by atoms with Crippen molar-refractivity contribution >= 4 is 29.3 Å². The van der Waals surface area contributed by atoms with Gasteiger partial charge in [-0.15, -0.1) is 0 Å². The van der Waals surface area contributed by atoms with E-state index in [1.54, 1.807) is 27.7 Å². The van der Waals surface area contributed by atoms with Crippen LogP contribution >= 0.6 is 0 Å². The molecule has 44 heavy (non-hydrogen) atoms. The fraction of sp³-hybridized carbons (Fsp3) is 0.382. The Kier molecular flexibility index (Phi) is 9.73. The highest BCUT2D eigenvalue weighted by atomic mass is 19.2. The molecule has 0 radical (unpaired) electrons. The quantitative estimate of drug-likeness (QED) is 0.194. The van der Waals surface area contributed by atoms with Crippen molar-refractivity contribution in [3.05, 3.63) is 82.4 Å². The van der Waals surface area contributed by atoms with E-state index >= 15 is 0 Å². The Labute approximate surface area is 256 Å². The van der Waals surface area contributed by atoms with Crippen LogP contribution in [0.2, 0.25) is 0 Å². The van der Waals surface area contributed by atoms with Gasteiger partial charge in [-0.05, 0) is 119 Å². The molecule has 0 aromatic heterocycles. The monoisotopic (exact) mass is 607 g/mol. The van der Waals surface area contributed by atoms with Crippen LogP contribution in [-0.4, -0.2) is 40.8 Å². The molecule has 4 N–H and O–H groups in total. The summed E-state index contributed by atoms with van der Waals surface area (Å²) in [6.07, 6.45) is 2.58. The minimum absolute atomic E-state index is 0.0334. The van der Waals surface area contributed by atoms with E-state index in [1.165, 1.54) is 42.7 Å². The topological polar surface area (TPSA) is 117 Å². The molecule has 1 unspecified atom stereocenters. The van der Waals surface area contributed by atoms with Crippen molar-refractivity contribution in [3.63, 3.8) is 0 Å². The molecule has 4 rings (SSSR count). The molecule has 3 aromatic rings. The third-order valence-corrected chi connectivity index (χ3v) is 7.38. The van der Waals surface area contributed by atoms with E-state index in [2.05, 4.69) is 28.1 Å². The number of aryl methyl sites for hydroxylation is 2. The number of hydrogen-bond acceptors (Lipinski definition) is 4. The minimum Gasteiger partial charge on any atom is -0.480 e. The molecule has 0 spiro atoms. The van der Waals surface area contributed by atoms with Crippen LogP contribution in [0.1, 0.15) is 67.6 Å². The Balaban J connectivity index is 1.64. The molecule has 1 saturated carbocycles. The molecule has 1 aliphatic carbocycles. The molecular weight excluding hydrogens is 568 g/mol. The molecule has 0 bridgehead atoms. The molecule has 0 saturated heterocycles. The number of benzene rings is 3. The van der Waals surface area contributed by atoms with E-state index in [0.29, 0.717) is 22.7 Å². The van der Waals surface area contributed by atoms with E-state index in [-0.39, 0.29) is 11.3 Å². The highest BCUT2D eigenvalue weighted by molar-refractivity contribution is 6.08. The van der Waals surface area contributed by atoms with E-state index in [1.807, 2.05) is 13.8 Å². The Bertz CT molecular complexity index is 1560. The SMILES string of the molecule is Cc1cc(CC2CC2)cc(C)c1NC(=O)Nc1cc(-c2ccc(F)c(F)c2)ccc1C(=O)N[C@H](C(=O)O)C(C)OC(C)(C)C. The zero-order valence-corrected chi connectivity index (χ0v) is 25.8. The van der Waals surface area contributed by atoms with Crippen molar-refractivity contribution in [2.75, 3.05) is 10.6 Å². The van der Waals surface area contributed by atoms with Crippen LogP contribution in [0, 0.1) is 31.4 Å². The first kappa shape index (κ1) is 32.6. The molecule has 1 aliphatic rings. The summed E-state index contributed by atoms with van der Waals surface area (Å²) < 4.78 is 33.4. The van der Waals surface area contributed by atoms with E-state index in [9.17, 15) is 28.3 Å². The van der Waals surface area contributed by atoms with Gasteiger partial charge >= 0.3 is 12.0 Å². The predicted octanol–water partition coefficient (Wildman–Crippen LogP) is 7.23. The molecule has 234 valence electrons. The van der Waals surface area contributed by atoms with Gasteiger partial charge in [-0.3, -0.25) is 4.79 Å². The standard InChI is InChI=1S/C34H39F2N3O5/c1-18-13-22(15-21-7-8-21)14-19(2)29(18)39-33(43)37-28-17-24(23-10-12-26(35)27(36)16-23)9-11-25(28)31(40)38-30(32(41)42)20(3)44-34(4,5)6/h9-14,16-17,20-21,30H,7-8,15H2,1-6H3,(H,38,40)(H,41,42)(H2,37,39,43)/t20?,30-/m0/s1. The molecule has 3 amide bonds. The largest absolute Gasteiger partial charge is 0.480 e. The Morgan fingerprint density at radius 3 is 2.11 bits per heavy atom. The van der Waals surface area contributed by atoms with Crippen molar-refractivity contribution < 1.29 is 33.0 Å². The number of halogens is 2. The maximum Gasteiger partial charge on any atom is 0.328 e. The molecule has 0 heterocycles. The first-order chi connectivity index (χ1) is 20.6. The highest BCUT2D eigenvalue weighted by Crippen LogP contribution is 2.34. The number of carbonyl (C=O) groups excluding carboxylic acids is 2. The van der Waals surface area contributed by atoms with Crippen molar-refractivity contribution in [2.45, 2.75) is 78.6 Å². The van der Waals surface area contributed by atoms with Gasteiger partial charge in [-0.25, -0.2) is 18.4 Å². The average Bonchev–Trinajstić information content (AvgIpc) is 3.73. The average molecular weight is 608 g/mol. The van der Waals surface area contributed by atoms with E-state index in [4.69, 9.17) is 4.74 Å². The summed E-state index contributed by atoms with van der Waals surface area (Å²) in [6.45, 7) is 10.7. The Morgan fingerprint density at radius 1 is 0.932 bits per heavy atom. The fourth-order valence-electron chi connectivity index (χ4n) is 5.22. The van der Waals surface area contributed by atoms with Gasteiger partial charge in [0.2, 0.25) is 0 Å². The first-order valence-corrected chi connectivity index (χ1v) is 14.6. The van der Waals surface area contributed by atoms with Gasteiger partial charge in [0, 0.05) is 5.69 Å². The highest BCUT2D eigenvalue weighted by Gasteiger charge is 2.31. The molecule has 10 heteroatoms. The molecule has 0 aliphatic heterocycles. The summed E-state index contributed by atoms with van der Waals surface area (Å²) in [5.74, 6) is -3.42. The summed E-state index contributed by atoms with van der Waals surface area (Å²) in [5.41, 5.74) is 3.67. The van der Waals surface area contributed by atoms with Crippen LogP contribution in [0.5, 0.6) is 0 Å². The van der Waals surface area contributed by atoms with Gasteiger partial charge in [-0.2, -0.15) is 0 Å². The summed E-state index contributed by atoms with van der Waals surface area (Å²) >= 11 is 0. The molecular formula is C34H39F2N3O5. The predicted molar refractivity (Wildman–Crippen MR) is 166 cm³/mol. The number of rotatable bonds is 10. The van der Waals surface area contributed by atoms with Gasteiger partial charge < -0.3 is 25.8 Å². The summed E-state index contributed by atoms with van der Waals surface area (Å²) in [7, 11) is 0. The second-order valence-corrected chi connectivity index (χ2v) is 12.4. The lowest BCUT2D eigenvalue weighted by molar-refractivity contribution is -0.146. The van der Waals surface area contributed by atoms with Gasteiger partial charge in [0.05, 0.1) is 23.0 Å². The number of urea groups is 1. The third kappa shape index (κ3) is 8.41. The number of carbonyl (C=O) groups is 3. The fourth-order valence-corrected chi connectivity index (χ4v) is 5.22. The number of nitrogens with one attached hydrogen (secondary N) is 3. The second-order valence-electron chi connectivity index (χ2n) is 12.4. The number of carboxylic acid groups (broad SMARTS) is 1. The van der Waals surface area contributed by atoms with Crippen LogP contribution in [-0.2, 0) is 16.0 Å². The van der Waals surface area contributed by atoms with Crippen LogP contribution < -0.4 is 16.0 Å². The molecule has 8 nitrogen and oxygen atoms in total. The normalized spacial score (nSPS) is 14.5. The van der Waals surface area contributed by atoms with Crippen LogP contribution in [0.4, 0.5) is 25.0 Å². The molecule has 3 aromatic carbocycles. The lowest BCUT2D eigenvalue weighted by Crippen LogP contribution is -2.50. The minimum atomic E-state index is -1.39. The number of ether oxygens (including phenoxy) is 1. The Hall–Kier alpha value is -4.31. The number of hydrogen-bond donors (Lipinski definition) is 4. The number of amides is 3. The smallest absolute Gasteiger partial charge is 0.328 e. The van der Waals surface area contributed by atoms with Gasteiger partial charge in [0.1, 0.15) is 0 Å². The summed E-state index contributed by atoms with van der Waals surface area (Å²) in [4.78, 5) is 38.8. The maximum absolute atomic E-state index is 14.0. The number of aliphatic carboxylic acids is 1. The lowest BCUT2D eigenvalue weighted by atomic mass is 10.0. The number of anilines is 2. The van der Waals surface area contributed by atoms with Crippen molar-refractivity contribution in [3.8, 4) is 11.1 Å². The Morgan fingerprint density at radius 2 is 1.55 bits per heavy atom. The summed E-state index contributed by atoms with van der Waals surface area (Å²) in [5, 5.41) is 17.9. The van der Waals surface area contributed by atoms with Crippen LogP contribution in [0.3, 0.4) is 0 Å². The molecule has 2 atom stereocenters. The van der Waals surface area contributed by atoms with E-state index in [0.717, 1.165) is 29.7 Å². The zero-order chi connectivity index (χ0) is 32.3. The molecule has 1 fully saturated rings. The first-order valence-electron chi connectivity index (χ1n) is 14.6. The third-order valence-electron chi connectivity index (χ3n) is 7.38. The van der Waals surface area contributed by atoms with Gasteiger partial charge in [0.15, 0.2) is 17.7 Å². The van der Waals surface area contributed by atoms with Crippen LogP contribution in [0.25, 0.3) is 11.1 Å². The van der Waals surface area contributed by atoms with Gasteiger partial charge in [0.25, 0.3) is 5.91 Å². The zero-order valence-electron chi connectivity index (χ0n) is 25.8. The maximum atomic E-state index is 14.0. The summed E-state index contributed by atoms with van der Waals surface area (Å²) in [6, 6.07) is 9.78. The van der Waals surface area contributed by atoms with Gasteiger partial charge in [-0.1, -0.05) is 24.3 Å². The van der Waals surface area contributed by atoms with Crippen molar-refractivity contribution in [1.82, 2.24) is 5.32 Å². The lowest BCUT2D eigenvalue weighted by Gasteiger charge is -2.29. The van der Waals surface area contributed by atoms with Crippen LogP contribution in [0.15, 0.2) is 48.5 Å².